The minimum absolute atomic E-state index is 0.396. The van der Waals surface area contributed by atoms with E-state index in [0.717, 1.165) is 16.9 Å². The molecule has 0 aromatic carbocycles. The van der Waals surface area contributed by atoms with Gasteiger partial charge in [0.25, 0.3) is 0 Å². The fourth-order valence-electron chi connectivity index (χ4n) is 1.49. The largest absolute Gasteiger partial charge is 0.317 e. The summed E-state index contributed by atoms with van der Waals surface area (Å²) in [6, 6.07) is 1.88. The van der Waals surface area contributed by atoms with E-state index < -0.39 is 0 Å². The molecule has 0 N–H and O–H groups in total. The first-order chi connectivity index (χ1) is 6.74. The molecule has 0 amide bonds. The van der Waals surface area contributed by atoms with Crippen molar-refractivity contribution in [2.75, 3.05) is 19.1 Å². The third-order valence-electron chi connectivity index (χ3n) is 2.02. The summed E-state index contributed by atoms with van der Waals surface area (Å²) in [5, 5.41) is 1.94. The van der Waals surface area contributed by atoms with Gasteiger partial charge in [-0.3, -0.25) is 4.98 Å². The molecule has 0 spiro atoms. The molecule has 2 heterocycles. The number of halogens is 1. The summed E-state index contributed by atoms with van der Waals surface area (Å²) in [6.45, 7) is 0. The second-order valence-corrected chi connectivity index (χ2v) is 3.45. The molecule has 4 nitrogen and oxygen atoms in total. The van der Waals surface area contributed by atoms with Crippen molar-refractivity contribution in [3.63, 3.8) is 0 Å². The van der Waals surface area contributed by atoms with Crippen molar-refractivity contribution in [3.05, 3.63) is 24.3 Å². The maximum atomic E-state index is 5.82. The number of rotatable bonds is 2. The molecule has 0 saturated carbocycles. The highest BCUT2D eigenvalue weighted by Crippen LogP contribution is 2.15. The van der Waals surface area contributed by atoms with Gasteiger partial charge in [0.1, 0.15) is 11.3 Å². The maximum absolute atomic E-state index is 5.82. The van der Waals surface area contributed by atoms with E-state index in [0.29, 0.717) is 5.88 Å². The van der Waals surface area contributed by atoms with Crippen LogP contribution in [0.25, 0.3) is 11.0 Å². The lowest BCUT2D eigenvalue weighted by molar-refractivity contribution is 0.718. The van der Waals surface area contributed by atoms with E-state index >= 15 is 0 Å². The normalized spacial score (nSPS) is 10.8. The summed E-state index contributed by atoms with van der Waals surface area (Å²) in [4.78, 5) is 8.47. The van der Waals surface area contributed by atoms with Gasteiger partial charge < -0.3 is 5.01 Å². The Labute approximate surface area is 87.1 Å². The van der Waals surface area contributed by atoms with Crippen molar-refractivity contribution < 1.29 is 0 Å². The Morgan fingerprint density at radius 1 is 1.50 bits per heavy atom. The quantitative estimate of drug-likeness (QED) is 0.703. The molecule has 2 aromatic rings. The van der Waals surface area contributed by atoms with Gasteiger partial charge in [-0.1, -0.05) is 0 Å². The van der Waals surface area contributed by atoms with Gasteiger partial charge >= 0.3 is 0 Å². The predicted octanol–water partition coefficient (Wildman–Crippen LogP) is 1.37. The van der Waals surface area contributed by atoms with Crippen molar-refractivity contribution in [1.29, 1.82) is 0 Å². The Hall–Kier alpha value is -1.29. The van der Waals surface area contributed by atoms with Gasteiger partial charge in [0.05, 0.1) is 17.6 Å². The average Bonchev–Trinajstić information content (AvgIpc) is 2.55. The first kappa shape index (κ1) is 9.27. The average molecular weight is 211 g/mol. The molecule has 0 aliphatic rings. The summed E-state index contributed by atoms with van der Waals surface area (Å²) < 4.78 is 1.95. The molecule has 0 bridgehead atoms. The van der Waals surface area contributed by atoms with E-state index in [1.54, 1.807) is 12.4 Å². The third kappa shape index (κ3) is 1.32. The molecule has 74 valence electrons. The number of nitrogens with zero attached hydrogens (tertiary/aromatic N) is 4. The van der Waals surface area contributed by atoms with Crippen molar-refractivity contribution in [3.8, 4) is 0 Å². The third-order valence-corrected chi connectivity index (χ3v) is 2.26. The fourth-order valence-corrected chi connectivity index (χ4v) is 1.67. The topological polar surface area (TPSA) is 34.0 Å². The lowest BCUT2D eigenvalue weighted by Gasteiger charge is -2.16. The van der Waals surface area contributed by atoms with Crippen LogP contribution in [0, 0.1) is 0 Å². The van der Waals surface area contributed by atoms with Gasteiger partial charge in [0.2, 0.25) is 0 Å². The lowest BCUT2D eigenvalue weighted by Crippen LogP contribution is -2.26. The van der Waals surface area contributed by atoms with Crippen molar-refractivity contribution in [1.82, 2.24) is 14.6 Å². The van der Waals surface area contributed by atoms with Crippen LogP contribution in [0.5, 0.6) is 0 Å². The Kier molecular flexibility index (Phi) is 2.29. The van der Waals surface area contributed by atoms with Gasteiger partial charge in [0.15, 0.2) is 0 Å². The van der Waals surface area contributed by atoms with Crippen LogP contribution in [0.4, 0.5) is 0 Å². The first-order valence-corrected chi connectivity index (χ1v) is 4.82. The van der Waals surface area contributed by atoms with Crippen LogP contribution in [-0.2, 0) is 5.88 Å². The summed E-state index contributed by atoms with van der Waals surface area (Å²) in [5.41, 5.74) is 1.90. The summed E-state index contributed by atoms with van der Waals surface area (Å²) in [5.74, 6) is 1.23. The molecule has 0 unspecified atom stereocenters. The molecule has 0 aliphatic carbocycles. The molecular formula is C9H11ClN4. The van der Waals surface area contributed by atoms with Gasteiger partial charge in [0, 0.05) is 20.3 Å². The number of aromatic nitrogens is 3. The zero-order valence-electron chi connectivity index (χ0n) is 8.11. The number of alkyl halides is 1. The van der Waals surface area contributed by atoms with Gasteiger partial charge in [-0.05, 0) is 6.07 Å². The standard InChI is InChI=1S/C9H11ClN4/c1-13(2)14-8-6-11-4-3-7(8)12-9(14)5-10/h3-4,6H,5H2,1-2H3. The summed E-state index contributed by atoms with van der Waals surface area (Å²) >= 11 is 5.82. The van der Waals surface area contributed by atoms with Crippen LogP contribution in [0.1, 0.15) is 5.82 Å². The number of hydrogen-bond donors (Lipinski definition) is 0. The van der Waals surface area contributed by atoms with Crippen LogP contribution >= 0.6 is 11.6 Å². The Bertz CT molecular complexity index is 449. The van der Waals surface area contributed by atoms with E-state index in [1.165, 1.54) is 0 Å². The number of imidazole rings is 1. The molecular weight excluding hydrogens is 200 g/mol. The van der Waals surface area contributed by atoms with Crippen LogP contribution in [0.15, 0.2) is 18.5 Å². The molecule has 0 radical (unpaired) electrons. The smallest absolute Gasteiger partial charge is 0.143 e. The zero-order valence-corrected chi connectivity index (χ0v) is 8.86. The van der Waals surface area contributed by atoms with E-state index in [1.807, 2.05) is 29.8 Å². The molecule has 0 aliphatic heterocycles. The molecule has 0 fully saturated rings. The Morgan fingerprint density at radius 3 is 2.93 bits per heavy atom. The van der Waals surface area contributed by atoms with Crippen molar-refractivity contribution in [2.45, 2.75) is 5.88 Å². The van der Waals surface area contributed by atoms with Crippen molar-refractivity contribution in [2.24, 2.45) is 0 Å². The van der Waals surface area contributed by atoms with Crippen LogP contribution in [-0.4, -0.2) is 28.7 Å². The minimum Gasteiger partial charge on any atom is -0.317 e. The van der Waals surface area contributed by atoms with E-state index in [-0.39, 0.29) is 0 Å². The second kappa shape index (κ2) is 3.46. The fraction of sp³-hybridized carbons (Fsp3) is 0.333. The molecule has 5 heteroatoms. The molecule has 2 rings (SSSR count). The van der Waals surface area contributed by atoms with Crippen LogP contribution in [0.3, 0.4) is 0 Å². The molecule has 0 atom stereocenters. The first-order valence-electron chi connectivity index (χ1n) is 4.29. The Balaban J connectivity index is 2.74. The molecule has 0 saturated heterocycles. The Morgan fingerprint density at radius 2 is 2.29 bits per heavy atom. The second-order valence-electron chi connectivity index (χ2n) is 3.19. The molecule has 2 aromatic heterocycles. The van der Waals surface area contributed by atoms with E-state index in [9.17, 15) is 0 Å². The monoisotopic (exact) mass is 210 g/mol. The number of hydrogen-bond acceptors (Lipinski definition) is 3. The highest BCUT2D eigenvalue weighted by Gasteiger charge is 2.10. The highest BCUT2D eigenvalue weighted by atomic mass is 35.5. The minimum atomic E-state index is 0.396. The van der Waals surface area contributed by atoms with Crippen LogP contribution < -0.4 is 5.01 Å². The van der Waals surface area contributed by atoms with Crippen molar-refractivity contribution >= 4 is 22.6 Å². The zero-order chi connectivity index (χ0) is 10.1. The van der Waals surface area contributed by atoms with Gasteiger partial charge in [-0.25, -0.2) is 9.66 Å². The predicted molar refractivity (Wildman–Crippen MR) is 57.2 cm³/mol. The number of pyridine rings is 1. The summed E-state index contributed by atoms with van der Waals surface area (Å²) in [7, 11) is 3.90. The SMILES string of the molecule is CN(C)n1c(CCl)nc2ccncc21. The molecule has 14 heavy (non-hydrogen) atoms. The van der Waals surface area contributed by atoms with E-state index in [4.69, 9.17) is 11.6 Å². The summed E-state index contributed by atoms with van der Waals surface area (Å²) in [6.07, 6.45) is 3.52. The maximum Gasteiger partial charge on any atom is 0.143 e. The van der Waals surface area contributed by atoms with Gasteiger partial charge in [-0.15, -0.1) is 11.6 Å². The number of fused-ring (bicyclic) bond motifs is 1. The van der Waals surface area contributed by atoms with E-state index in [2.05, 4.69) is 9.97 Å². The highest BCUT2D eigenvalue weighted by molar-refractivity contribution is 6.16. The lowest BCUT2D eigenvalue weighted by atomic mass is 10.4. The van der Waals surface area contributed by atoms with Crippen LogP contribution in [0.2, 0.25) is 0 Å². The van der Waals surface area contributed by atoms with Gasteiger partial charge in [-0.2, -0.15) is 0 Å².